The molecule has 1 aromatic carbocycles. The molecule has 0 amide bonds. The standard InChI is InChI=1S/C17H17FN4O3/c18-11-5-10-6-12(7-11)24-3-1-2-4-25-14-8-13-15(16(19)20-14)21-17(23)22(13)9-10/h5-8H,1-4,9H2,(H2,19,20)(H,21,23). The predicted octanol–water partition coefficient (Wildman–Crippen LogP) is 2.05. The van der Waals surface area contributed by atoms with E-state index in [1.54, 1.807) is 12.1 Å². The van der Waals surface area contributed by atoms with Crippen molar-refractivity contribution >= 4 is 16.9 Å². The summed E-state index contributed by atoms with van der Waals surface area (Å²) in [5.74, 6) is 0.592. The zero-order chi connectivity index (χ0) is 17.4. The number of rotatable bonds is 0. The molecule has 8 heteroatoms. The van der Waals surface area contributed by atoms with Crippen molar-refractivity contribution in [1.82, 2.24) is 14.5 Å². The van der Waals surface area contributed by atoms with Gasteiger partial charge in [-0.1, -0.05) is 0 Å². The predicted molar refractivity (Wildman–Crippen MR) is 90.5 cm³/mol. The fraction of sp³-hybridized carbons (Fsp3) is 0.294. The summed E-state index contributed by atoms with van der Waals surface area (Å²) in [6.07, 6.45) is 1.51. The van der Waals surface area contributed by atoms with E-state index in [1.165, 1.54) is 16.7 Å². The quantitative estimate of drug-likeness (QED) is 0.651. The van der Waals surface area contributed by atoms with Gasteiger partial charge in [0.05, 0.1) is 25.3 Å². The van der Waals surface area contributed by atoms with E-state index in [9.17, 15) is 9.18 Å². The van der Waals surface area contributed by atoms with Gasteiger partial charge in [-0.05, 0) is 30.5 Å². The second-order valence-electron chi connectivity index (χ2n) is 5.96. The van der Waals surface area contributed by atoms with Crippen LogP contribution in [0.15, 0.2) is 29.1 Å². The second-order valence-corrected chi connectivity index (χ2v) is 5.96. The van der Waals surface area contributed by atoms with Gasteiger partial charge in [0.2, 0.25) is 5.88 Å². The minimum atomic E-state index is -0.405. The van der Waals surface area contributed by atoms with Gasteiger partial charge in [0, 0.05) is 12.1 Å². The number of fused-ring (bicyclic) bond motifs is 3. The van der Waals surface area contributed by atoms with Gasteiger partial charge >= 0.3 is 5.69 Å². The van der Waals surface area contributed by atoms with E-state index < -0.39 is 5.82 Å². The molecule has 0 saturated heterocycles. The van der Waals surface area contributed by atoms with Gasteiger partial charge in [-0.25, -0.2) is 9.18 Å². The van der Waals surface area contributed by atoms with Crippen LogP contribution < -0.4 is 20.9 Å². The molecule has 0 aliphatic carbocycles. The van der Waals surface area contributed by atoms with Gasteiger partial charge in [-0.2, -0.15) is 4.98 Å². The van der Waals surface area contributed by atoms with E-state index >= 15 is 0 Å². The fourth-order valence-electron chi connectivity index (χ4n) is 2.93. The highest BCUT2D eigenvalue weighted by Gasteiger charge is 2.14. The van der Waals surface area contributed by atoms with Crippen molar-refractivity contribution in [3.8, 4) is 11.6 Å². The van der Waals surface area contributed by atoms with Crippen LogP contribution >= 0.6 is 0 Å². The third-order valence-electron chi connectivity index (χ3n) is 4.10. The lowest BCUT2D eigenvalue weighted by Crippen LogP contribution is -2.17. The lowest BCUT2D eigenvalue weighted by Gasteiger charge is -2.12. The van der Waals surface area contributed by atoms with Crippen LogP contribution in [-0.2, 0) is 6.54 Å². The first-order valence-electron chi connectivity index (χ1n) is 8.04. The largest absolute Gasteiger partial charge is 0.493 e. The lowest BCUT2D eigenvalue weighted by atomic mass is 10.2. The van der Waals surface area contributed by atoms with Crippen molar-refractivity contribution < 1.29 is 13.9 Å². The molecular formula is C17H17FN4O3. The number of ether oxygens (including phenoxy) is 2. The van der Waals surface area contributed by atoms with Crippen LogP contribution in [0.5, 0.6) is 11.6 Å². The number of aromatic amines is 1. The minimum Gasteiger partial charge on any atom is -0.493 e. The molecule has 0 spiro atoms. The van der Waals surface area contributed by atoms with E-state index in [0.29, 0.717) is 41.4 Å². The number of hydrogen-bond acceptors (Lipinski definition) is 5. The van der Waals surface area contributed by atoms with Gasteiger partial charge in [-0.3, -0.25) is 4.57 Å². The Morgan fingerprint density at radius 3 is 2.80 bits per heavy atom. The SMILES string of the molecule is Nc1nc2cc3c1[nH]c(=O)n3Cc1cc(F)cc(c1)OCCCCO2. The maximum Gasteiger partial charge on any atom is 0.326 e. The molecule has 130 valence electrons. The summed E-state index contributed by atoms with van der Waals surface area (Å²) in [7, 11) is 0. The van der Waals surface area contributed by atoms with E-state index in [-0.39, 0.29) is 18.1 Å². The lowest BCUT2D eigenvalue weighted by molar-refractivity contribution is 0.261. The summed E-state index contributed by atoms with van der Waals surface area (Å²) in [5.41, 5.74) is 7.22. The summed E-state index contributed by atoms with van der Waals surface area (Å²) < 4.78 is 26.6. The second kappa shape index (κ2) is 6.12. The number of nitrogens with one attached hydrogen (secondary N) is 1. The summed E-state index contributed by atoms with van der Waals surface area (Å²) in [5, 5.41) is 0. The average Bonchev–Trinajstić information content (AvgIpc) is 2.87. The monoisotopic (exact) mass is 344 g/mol. The summed E-state index contributed by atoms with van der Waals surface area (Å²) in [4.78, 5) is 19.2. The number of nitrogens with zero attached hydrogens (tertiary/aromatic N) is 2. The number of halogens is 1. The molecule has 7 nitrogen and oxygen atoms in total. The summed E-state index contributed by atoms with van der Waals surface area (Å²) >= 11 is 0. The molecule has 1 aliphatic rings. The van der Waals surface area contributed by atoms with Gasteiger partial charge in [0.15, 0.2) is 5.82 Å². The topological polar surface area (TPSA) is 95.2 Å². The Labute approximate surface area is 142 Å². The highest BCUT2D eigenvalue weighted by molar-refractivity contribution is 5.85. The number of anilines is 1. The summed E-state index contributed by atoms with van der Waals surface area (Å²) in [6.45, 7) is 1.08. The number of hydrogen-bond donors (Lipinski definition) is 2. The molecule has 0 atom stereocenters. The Morgan fingerprint density at radius 1 is 1.16 bits per heavy atom. The van der Waals surface area contributed by atoms with E-state index in [1.807, 2.05) is 0 Å². The highest BCUT2D eigenvalue weighted by atomic mass is 19.1. The molecule has 4 bridgehead atoms. The molecule has 0 unspecified atom stereocenters. The van der Waals surface area contributed by atoms with Crippen LogP contribution in [0.2, 0.25) is 0 Å². The first-order valence-corrected chi connectivity index (χ1v) is 8.04. The molecule has 2 aromatic heterocycles. The van der Waals surface area contributed by atoms with E-state index in [2.05, 4.69) is 9.97 Å². The van der Waals surface area contributed by atoms with Crippen molar-refractivity contribution in [3.05, 3.63) is 46.1 Å². The maximum absolute atomic E-state index is 13.9. The Hall–Kier alpha value is -3.03. The molecule has 3 heterocycles. The van der Waals surface area contributed by atoms with Crippen molar-refractivity contribution in [2.24, 2.45) is 0 Å². The molecule has 3 aromatic rings. The van der Waals surface area contributed by atoms with Crippen LogP contribution in [0, 0.1) is 5.82 Å². The number of aromatic nitrogens is 3. The third-order valence-corrected chi connectivity index (χ3v) is 4.10. The first kappa shape index (κ1) is 15.5. The molecule has 25 heavy (non-hydrogen) atoms. The molecule has 0 radical (unpaired) electrons. The third kappa shape index (κ3) is 3.02. The van der Waals surface area contributed by atoms with E-state index in [0.717, 1.165) is 12.8 Å². The average molecular weight is 344 g/mol. The Bertz CT molecular complexity index is 995. The Morgan fingerprint density at radius 2 is 1.96 bits per heavy atom. The number of H-pyrrole nitrogens is 1. The van der Waals surface area contributed by atoms with Crippen LogP contribution in [0.25, 0.3) is 11.0 Å². The zero-order valence-corrected chi connectivity index (χ0v) is 13.4. The first-order chi connectivity index (χ1) is 12.1. The molecular weight excluding hydrogens is 327 g/mol. The van der Waals surface area contributed by atoms with Crippen LogP contribution in [0.4, 0.5) is 10.2 Å². The minimum absolute atomic E-state index is 0.176. The Balaban J connectivity index is 1.88. The zero-order valence-electron chi connectivity index (χ0n) is 13.4. The normalized spacial score (nSPS) is 14.8. The summed E-state index contributed by atoms with van der Waals surface area (Å²) in [6, 6.07) is 6.13. The highest BCUT2D eigenvalue weighted by Crippen LogP contribution is 2.24. The molecule has 3 N–H and O–H groups in total. The fourth-order valence-corrected chi connectivity index (χ4v) is 2.93. The van der Waals surface area contributed by atoms with Crippen molar-refractivity contribution in [3.63, 3.8) is 0 Å². The van der Waals surface area contributed by atoms with Gasteiger partial charge < -0.3 is 20.2 Å². The van der Waals surface area contributed by atoms with Gasteiger partial charge in [0.1, 0.15) is 17.1 Å². The van der Waals surface area contributed by atoms with Crippen LogP contribution in [0.3, 0.4) is 0 Å². The molecule has 4 rings (SSSR count). The molecule has 1 aliphatic heterocycles. The van der Waals surface area contributed by atoms with Crippen molar-refractivity contribution in [2.75, 3.05) is 18.9 Å². The number of nitrogens with two attached hydrogens (primary N) is 1. The Kier molecular flexibility index (Phi) is 3.79. The number of imidazole rings is 1. The molecule has 0 saturated carbocycles. The molecule has 0 fully saturated rings. The van der Waals surface area contributed by atoms with Gasteiger partial charge in [-0.15, -0.1) is 0 Å². The van der Waals surface area contributed by atoms with Crippen molar-refractivity contribution in [2.45, 2.75) is 19.4 Å². The van der Waals surface area contributed by atoms with Gasteiger partial charge in [0.25, 0.3) is 0 Å². The smallest absolute Gasteiger partial charge is 0.326 e. The maximum atomic E-state index is 13.9. The number of pyridine rings is 1. The number of benzene rings is 1. The number of nitrogen functional groups attached to an aromatic ring is 1. The van der Waals surface area contributed by atoms with Crippen LogP contribution in [-0.4, -0.2) is 27.7 Å². The van der Waals surface area contributed by atoms with Crippen LogP contribution in [0.1, 0.15) is 18.4 Å². The van der Waals surface area contributed by atoms with E-state index in [4.69, 9.17) is 15.2 Å². The van der Waals surface area contributed by atoms with Crippen molar-refractivity contribution in [1.29, 1.82) is 0 Å².